The minimum absolute atomic E-state index is 0.0215. The number of amides is 3. The van der Waals surface area contributed by atoms with Gasteiger partial charge < -0.3 is 41.4 Å². The lowest BCUT2D eigenvalue weighted by molar-refractivity contribution is -0.151. The molecule has 0 aromatic carbocycles. The topological polar surface area (TPSA) is 223 Å². The summed E-state index contributed by atoms with van der Waals surface area (Å²) in [6.45, 7) is 7.39. The third-order valence-electron chi connectivity index (χ3n) is 13.7. The molecule has 7 N–H and O–H groups in total. The highest BCUT2D eigenvalue weighted by Gasteiger charge is 2.25. The smallest absolute Gasteiger partial charge is 0.313 e. The van der Waals surface area contributed by atoms with Crippen LogP contribution in [-0.2, 0) is 38.2 Å². The quantitative estimate of drug-likeness (QED) is 0.0247. The van der Waals surface area contributed by atoms with Crippen LogP contribution in [0.15, 0.2) is 0 Å². The molecule has 0 aromatic rings. The zero-order valence-electron chi connectivity index (χ0n) is 47.5. The van der Waals surface area contributed by atoms with Gasteiger partial charge in [-0.15, -0.1) is 11.8 Å². The zero-order chi connectivity index (χ0) is 54.5. The van der Waals surface area contributed by atoms with E-state index in [0.717, 1.165) is 95.2 Å². The lowest BCUT2D eigenvalue weighted by atomic mass is 10.0. The average molecular weight is 1070 g/mol. The van der Waals surface area contributed by atoms with Crippen molar-refractivity contribution >= 4 is 47.4 Å². The van der Waals surface area contributed by atoms with Crippen molar-refractivity contribution in [1.29, 1.82) is 0 Å². The molecule has 0 aliphatic heterocycles. The molecular formula is C59H112N4O10S. The van der Waals surface area contributed by atoms with Gasteiger partial charge in [0.2, 0.25) is 17.7 Å². The minimum atomic E-state index is -1.04. The van der Waals surface area contributed by atoms with E-state index in [1.54, 1.807) is 0 Å². The second kappa shape index (κ2) is 53.5. The van der Waals surface area contributed by atoms with E-state index in [4.69, 9.17) is 15.2 Å². The number of aliphatic hydroxyl groups is 1. The van der Waals surface area contributed by atoms with Crippen molar-refractivity contribution < 1.29 is 48.5 Å². The number of hydrogen-bond donors (Lipinski definition) is 6. The van der Waals surface area contributed by atoms with Crippen LogP contribution >= 0.6 is 11.8 Å². The summed E-state index contributed by atoms with van der Waals surface area (Å²) in [5, 5.41) is 28.6. The second-order valence-corrected chi connectivity index (χ2v) is 22.1. The van der Waals surface area contributed by atoms with Crippen molar-refractivity contribution in [2.24, 2.45) is 5.73 Å². The first-order valence-electron chi connectivity index (χ1n) is 30.3. The van der Waals surface area contributed by atoms with Gasteiger partial charge in [-0.05, 0) is 57.9 Å². The van der Waals surface area contributed by atoms with Crippen LogP contribution in [0.25, 0.3) is 0 Å². The van der Waals surface area contributed by atoms with Crippen molar-refractivity contribution in [3.05, 3.63) is 0 Å². The van der Waals surface area contributed by atoms with Gasteiger partial charge in [0.05, 0.1) is 30.7 Å². The fraction of sp³-hybridized carbons (Fsp3) is 0.898. The molecule has 14 nitrogen and oxygen atoms in total. The average Bonchev–Trinajstić information content (AvgIpc) is 3.36. The minimum Gasteiger partial charge on any atom is -0.481 e. The normalized spacial score (nSPS) is 12.9. The zero-order valence-corrected chi connectivity index (χ0v) is 48.3. The van der Waals surface area contributed by atoms with Crippen molar-refractivity contribution in [2.45, 2.75) is 308 Å². The molecule has 15 heteroatoms. The van der Waals surface area contributed by atoms with E-state index < -0.39 is 42.1 Å². The Morgan fingerprint density at radius 1 is 0.514 bits per heavy atom. The van der Waals surface area contributed by atoms with Crippen LogP contribution in [-0.4, -0.2) is 101 Å². The Hall–Kier alpha value is -2.91. The monoisotopic (exact) mass is 1070 g/mol. The van der Waals surface area contributed by atoms with Crippen LogP contribution in [0.2, 0.25) is 0 Å². The molecular weight excluding hydrogens is 957 g/mol. The molecule has 4 atom stereocenters. The molecule has 0 aromatic heterocycles. The Morgan fingerprint density at radius 2 is 0.959 bits per heavy atom. The Morgan fingerprint density at radius 3 is 1.46 bits per heavy atom. The van der Waals surface area contributed by atoms with E-state index >= 15 is 0 Å². The highest BCUT2D eigenvalue weighted by atomic mass is 32.2. The lowest BCUT2D eigenvalue weighted by Gasteiger charge is -2.22. The van der Waals surface area contributed by atoms with Crippen molar-refractivity contribution in [3.63, 3.8) is 0 Å². The number of thioether (sulfide) groups is 1. The number of hydrogen-bond acceptors (Lipinski definition) is 11. The molecule has 0 saturated carbocycles. The number of nitrogens with one attached hydrogen (secondary N) is 3. The number of carboxylic acid groups (broad SMARTS) is 1. The van der Waals surface area contributed by atoms with Gasteiger partial charge in [0.1, 0.15) is 18.8 Å². The second-order valence-electron chi connectivity index (χ2n) is 21.1. The maximum absolute atomic E-state index is 13.6. The van der Waals surface area contributed by atoms with Gasteiger partial charge in [0.15, 0.2) is 0 Å². The summed E-state index contributed by atoms with van der Waals surface area (Å²) in [5.41, 5.74) is 5.59. The van der Waals surface area contributed by atoms with E-state index in [2.05, 4.69) is 36.7 Å². The van der Waals surface area contributed by atoms with Crippen LogP contribution in [0.1, 0.15) is 284 Å². The molecule has 0 radical (unpaired) electrons. The number of aliphatic carboxylic acids is 1. The van der Waals surface area contributed by atoms with Gasteiger partial charge in [-0.25, -0.2) is 0 Å². The molecule has 0 fully saturated rings. The summed E-state index contributed by atoms with van der Waals surface area (Å²) in [4.78, 5) is 77.5. The summed E-state index contributed by atoms with van der Waals surface area (Å²) in [5.74, 6) is -3.21. The Bertz CT molecular complexity index is 1380. The maximum Gasteiger partial charge on any atom is 0.313 e. The summed E-state index contributed by atoms with van der Waals surface area (Å²) in [6.07, 6.45) is 37.8. The third-order valence-corrected chi connectivity index (χ3v) is 14.7. The van der Waals surface area contributed by atoms with Crippen molar-refractivity contribution in [1.82, 2.24) is 16.0 Å². The standard InChI is InChI=1S/C59H112N4O10S/c1-4-7-10-13-16-19-20-23-26-29-35-42-58(70)73-52(40-33-28-25-22-18-15-12-9-6-3)46-55(66)63-53(48-74-49-56(67)68)59(71)61-44-37-38-50(47-72-57(69)41-34-30-31-36-43-60)62-54(65)45-51(64)39-32-27-24-21-17-14-11-8-5-2/h50-53,64H,4-49,60H2,1-3H3,(H,61,71)(H,62,65)(H,63,66)(H,67,68)/t50-,51-,52-,53-/m1/s1. The van der Waals surface area contributed by atoms with Crippen molar-refractivity contribution in [2.75, 3.05) is 31.2 Å². The summed E-state index contributed by atoms with van der Waals surface area (Å²) in [7, 11) is 0. The molecule has 0 rings (SSSR count). The number of ether oxygens (including phenoxy) is 2. The van der Waals surface area contributed by atoms with Gasteiger partial charge in [-0.2, -0.15) is 0 Å². The molecule has 0 bridgehead atoms. The molecule has 74 heavy (non-hydrogen) atoms. The molecule has 0 saturated heterocycles. The Labute approximate surface area is 455 Å². The van der Waals surface area contributed by atoms with Crippen LogP contribution in [0.4, 0.5) is 0 Å². The molecule has 0 aliphatic rings. The van der Waals surface area contributed by atoms with Gasteiger partial charge in [0, 0.05) is 25.1 Å². The molecule has 0 heterocycles. The molecule has 0 aliphatic carbocycles. The molecule has 434 valence electrons. The SMILES string of the molecule is CCCCCCCCCCCCCC(=O)O[C@H](CCCCCCCCCCC)CC(=O)N[C@H](CSCC(=O)O)C(=O)NCCC[C@H](COC(=O)CCCCCCN)NC(=O)C[C@H](O)CCCCCCCCCCC. The largest absolute Gasteiger partial charge is 0.481 e. The first-order chi connectivity index (χ1) is 35.9. The molecule has 0 spiro atoms. The number of aliphatic hydroxyl groups excluding tert-OH is 1. The summed E-state index contributed by atoms with van der Waals surface area (Å²) < 4.78 is 11.5. The molecule has 0 unspecified atom stereocenters. The number of carbonyl (C=O) groups excluding carboxylic acids is 5. The fourth-order valence-electron chi connectivity index (χ4n) is 9.18. The Kier molecular flexibility index (Phi) is 51.4. The maximum atomic E-state index is 13.6. The van der Waals surface area contributed by atoms with Gasteiger partial charge in [0.25, 0.3) is 0 Å². The van der Waals surface area contributed by atoms with Gasteiger partial charge >= 0.3 is 17.9 Å². The van der Waals surface area contributed by atoms with Gasteiger partial charge in [-0.1, -0.05) is 207 Å². The fourth-order valence-corrected chi connectivity index (χ4v) is 9.94. The van der Waals surface area contributed by atoms with E-state index in [1.807, 2.05) is 0 Å². The number of nitrogens with two attached hydrogens (primary N) is 1. The van der Waals surface area contributed by atoms with Gasteiger partial charge in [-0.3, -0.25) is 28.8 Å². The van der Waals surface area contributed by atoms with Crippen LogP contribution in [0.3, 0.4) is 0 Å². The van der Waals surface area contributed by atoms with Crippen LogP contribution < -0.4 is 21.7 Å². The highest BCUT2D eigenvalue weighted by molar-refractivity contribution is 8.00. The highest BCUT2D eigenvalue weighted by Crippen LogP contribution is 2.18. The first kappa shape index (κ1) is 71.1. The van der Waals surface area contributed by atoms with E-state index in [1.165, 1.54) is 122 Å². The number of unbranched alkanes of at least 4 members (excludes halogenated alkanes) is 29. The summed E-state index contributed by atoms with van der Waals surface area (Å²) in [6, 6.07) is -1.59. The number of esters is 2. The van der Waals surface area contributed by atoms with E-state index in [9.17, 15) is 39.0 Å². The third kappa shape index (κ3) is 48.7. The van der Waals surface area contributed by atoms with E-state index in [-0.39, 0.29) is 61.8 Å². The first-order valence-corrected chi connectivity index (χ1v) is 31.5. The number of rotatable bonds is 56. The lowest BCUT2D eigenvalue weighted by Crippen LogP contribution is -2.49. The predicted molar refractivity (Wildman–Crippen MR) is 304 cm³/mol. The van der Waals surface area contributed by atoms with Crippen LogP contribution in [0.5, 0.6) is 0 Å². The van der Waals surface area contributed by atoms with E-state index in [0.29, 0.717) is 45.1 Å². The predicted octanol–water partition coefficient (Wildman–Crippen LogP) is 12.7. The van der Waals surface area contributed by atoms with Crippen LogP contribution in [0, 0.1) is 0 Å². The van der Waals surface area contributed by atoms with Crippen molar-refractivity contribution in [3.8, 4) is 0 Å². The number of carboxylic acids is 1. The molecule has 3 amide bonds. The number of carbonyl (C=O) groups is 6. The Balaban J connectivity index is 5.48. The summed E-state index contributed by atoms with van der Waals surface area (Å²) >= 11 is 1.02.